The maximum Gasteiger partial charge on any atom is 0.253 e. The molecule has 2 amide bonds. The first kappa shape index (κ1) is 16.5. The molecule has 0 bridgehead atoms. The van der Waals surface area contributed by atoms with E-state index in [4.69, 9.17) is 4.74 Å². The predicted molar refractivity (Wildman–Crippen MR) is 84.9 cm³/mol. The molecule has 1 atom stereocenters. The van der Waals surface area contributed by atoms with Gasteiger partial charge in [0.05, 0.1) is 19.3 Å². The van der Waals surface area contributed by atoms with E-state index in [1.807, 2.05) is 6.92 Å². The molecule has 6 nitrogen and oxygen atoms in total. The van der Waals surface area contributed by atoms with Gasteiger partial charge in [-0.2, -0.15) is 0 Å². The molecule has 22 heavy (non-hydrogen) atoms. The van der Waals surface area contributed by atoms with Crippen LogP contribution in [0.2, 0.25) is 0 Å². The van der Waals surface area contributed by atoms with Crippen LogP contribution in [0.25, 0.3) is 0 Å². The highest BCUT2D eigenvalue weighted by Crippen LogP contribution is 2.11. The van der Waals surface area contributed by atoms with Gasteiger partial charge in [0.25, 0.3) is 5.91 Å². The second-order valence-electron chi connectivity index (χ2n) is 5.74. The van der Waals surface area contributed by atoms with Crippen LogP contribution in [0.1, 0.15) is 17.3 Å². The number of hydrogen-bond donors (Lipinski definition) is 1. The van der Waals surface area contributed by atoms with Gasteiger partial charge in [-0.1, -0.05) is 0 Å². The second kappa shape index (κ2) is 7.38. The largest absolute Gasteiger partial charge is 0.376 e. The van der Waals surface area contributed by atoms with E-state index < -0.39 is 0 Å². The Kier molecular flexibility index (Phi) is 5.51. The molecule has 1 heterocycles. The van der Waals surface area contributed by atoms with E-state index in [-0.39, 0.29) is 17.9 Å². The Morgan fingerprint density at radius 3 is 2.59 bits per heavy atom. The summed E-state index contributed by atoms with van der Waals surface area (Å²) in [6.07, 6.45) is 0.165. The molecule has 0 radical (unpaired) electrons. The van der Waals surface area contributed by atoms with Gasteiger partial charge in [0.2, 0.25) is 5.91 Å². The molecule has 6 heteroatoms. The average molecular weight is 305 g/mol. The van der Waals surface area contributed by atoms with Crippen molar-refractivity contribution in [3.05, 3.63) is 29.8 Å². The fourth-order valence-corrected chi connectivity index (χ4v) is 2.39. The lowest BCUT2D eigenvalue weighted by molar-refractivity contribution is -0.119. The van der Waals surface area contributed by atoms with Crippen molar-refractivity contribution in [2.75, 3.05) is 45.7 Å². The zero-order chi connectivity index (χ0) is 16.1. The maximum absolute atomic E-state index is 12.0. The molecule has 2 rings (SSSR count). The standard InChI is InChI=1S/C16H23N3O3/c1-12-10-19(8-9-22-12)11-15(20)17-14-6-4-13(5-7-14)16(21)18(2)3/h4-7,12H,8-11H2,1-3H3,(H,17,20). The lowest BCUT2D eigenvalue weighted by Gasteiger charge is -2.30. The third-order valence-electron chi connectivity index (χ3n) is 3.51. The molecule has 120 valence electrons. The van der Waals surface area contributed by atoms with Gasteiger partial charge in [-0.25, -0.2) is 0 Å². The number of amides is 2. The van der Waals surface area contributed by atoms with E-state index in [9.17, 15) is 9.59 Å². The van der Waals surface area contributed by atoms with E-state index in [1.54, 1.807) is 38.4 Å². The van der Waals surface area contributed by atoms with Crippen molar-refractivity contribution in [2.24, 2.45) is 0 Å². The normalized spacial score (nSPS) is 18.8. The summed E-state index contributed by atoms with van der Waals surface area (Å²) < 4.78 is 5.45. The quantitative estimate of drug-likeness (QED) is 0.903. The fraction of sp³-hybridized carbons (Fsp3) is 0.500. The molecule has 1 aliphatic rings. The zero-order valence-corrected chi connectivity index (χ0v) is 13.3. The van der Waals surface area contributed by atoms with E-state index in [2.05, 4.69) is 10.2 Å². The summed E-state index contributed by atoms with van der Waals surface area (Å²) in [5.74, 6) is -0.110. The fourth-order valence-electron chi connectivity index (χ4n) is 2.39. The first-order valence-corrected chi connectivity index (χ1v) is 7.41. The van der Waals surface area contributed by atoms with Gasteiger partial charge in [-0.15, -0.1) is 0 Å². The van der Waals surface area contributed by atoms with E-state index in [0.717, 1.165) is 13.1 Å². The van der Waals surface area contributed by atoms with Crippen molar-refractivity contribution in [2.45, 2.75) is 13.0 Å². The minimum Gasteiger partial charge on any atom is -0.376 e. The molecule has 1 N–H and O–H groups in total. The summed E-state index contributed by atoms with van der Waals surface area (Å²) in [7, 11) is 3.42. The third-order valence-corrected chi connectivity index (χ3v) is 3.51. The Morgan fingerprint density at radius 2 is 2.00 bits per heavy atom. The number of nitrogens with one attached hydrogen (secondary N) is 1. The van der Waals surface area contributed by atoms with E-state index in [0.29, 0.717) is 24.4 Å². The van der Waals surface area contributed by atoms with Crippen LogP contribution in [0, 0.1) is 0 Å². The molecule has 0 aliphatic carbocycles. The van der Waals surface area contributed by atoms with Crippen molar-refractivity contribution < 1.29 is 14.3 Å². The van der Waals surface area contributed by atoms with Gasteiger partial charge >= 0.3 is 0 Å². The minimum atomic E-state index is -0.0554. The summed E-state index contributed by atoms with van der Waals surface area (Å²) in [5.41, 5.74) is 1.30. The van der Waals surface area contributed by atoms with Crippen molar-refractivity contribution in [1.82, 2.24) is 9.80 Å². The number of benzene rings is 1. The minimum absolute atomic E-state index is 0.0548. The highest BCUT2D eigenvalue weighted by atomic mass is 16.5. The number of carbonyl (C=O) groups excluding carboxylic acids is 2. The van der Waals surface area contributed by atoms with Crippen molar-refractivity contribution in [1.29, 1.82) is 0 Å². The molecule has 0 spiro atoms. The van der Waals surface area contributed by atoms with Crippen LogP contribution in [0.3, 0.4) is 0 Å². The van der Waals surface area contributed by atoms with Crippen LogP contribution in [0.4, 0.5) is 5.69 Å². The number of ether oxygens (including phenoxy) is 1. The highest BCUT2D eigenvalue weighted by Gasteiger charge is 2.19. The molecular formula is C16H23N3O3. The molecule has 0 aromatic heterocycles. The molecule has 1 aliphatic heterocycles. The highest BCUT2D eigenvalue weighted by molar-refractivity contribution is 5.96. The molecule has 1 fully saturated rings. The number of nitrogens with zero attached hydrogens (tertiary/aromatic N) is 2. The van der Waals surface area contributed by atoms with Crippen LogP contribution in [-0.2, 0) is 9.53 Å². The zero-order valence-electron chi connectivity index (χ0n) is 13.3. The van der Waals surface area contributed by atoms with Crippen LogP contribution < -0.4 is 5.32 Å². The summed E-state index contributed by atoms with van der Waals surface area (Å²) in [6, 6.07) is 6.93. The van der Waals surface area contributed by atoms with Gasteiger partial charge < -0.3 is 15.0 Å². The first-order chi connectivity index (χ1) is 10.5. The van der Waals surface area contributed by atoms with Gasteiger partial charge in [0, 0.05) is 38.4 Å². The number of rotatable bonds is 4. The second-order valence-corrected chi connectivity index (χ2v) is 5.74. The van der Waals surface area contributed by atoms with Crippen LogP contribution in [-0.4, -0.2) is 68.1 Å². The Hall–Kier alpha value is -1.92. The number of hydrogen-bond acceptors (Lipinski definition) is 4. The number of morpholine rings is 1. The summed E-state index contributed by atoms with van der Waals surface area (Å²) in [5, 5.41) is 2.85. The third kappa shape index (κ3) is 4.54. The van der Waals surface area contributed by atoms with Crippen molar-refractivity contribution in [3.63, 3.8) is 0 Å². The number of carbonyl (C=O) groups is 2. The molecule has 1 saturated heterocycles. The Morgan fingerprint density at radius 1 is 1.32 bits per heavy atom. The molecule has 1 aromatic rings. The van der Waals surface area contributed by atoms with Gasteiger partial charge in [-0.3, -0.25) is 14.5 Å². The predicted octanol–water partition coefficient (Wildman–Crippen LogP) is 1.05. The van der Waals surface area contributed by atoms with E-state index in [1.165, 1.54) is 4.90 Å². The van der Waals surface area contributed by atoms with Gasteiger partial charge in [-0.05, 0) is 31.2 Å². The monoisotopic (exact) mass is 305 g/mol. The summed E-state index contributed by atoms with van der Waals surface area (Å²) in [4.78, 5) is 27.4. The topological polar surface area (TPSA) is 61.9 Å². The van der Waals surface area contributed by atoms with Crippen LogP contribution in [0.5, 0.6) is 0 Å². The number of anilines is 1. The Bertz CT molecular complexity index is 528. The Balaban J connectivity index is 1.87. The van der Waals surface area contributed by atoms with Crippen molar-refractivity contribution >= 4 is 17.5 Å². The lowest BCUT2D eigenvalue weighted by Crippen LogP contribution is -2.44. The molecule has 0 saturated carbocycles. The van der Waals surface area contributed by atoms with Crippen molar-refractivity contribution in [3.8, 4) is 0 Å². The SMILES string of the molecule is CC1CN(CC(=O)Nc2ccc(C(=O)N(C)C)cc2)CCO1. The molecule has 1 unspecified atom stereocenters. The van der Waals surface area contributed by atoms with Crippen LogP contribution >= 0.6 is 0 Å². The molecule has 1 aromatic carbocycles. The van der Waals surface area contributed by atoms with Gasteiger partial charge in [0.15, 0.2) is 0 Å². The lowest BCUT2D eigenvalue weighted by atomic mass is 10.2. The summed E-state index contributed by atoms with van der Waals surface area (Å²) >= 11 is 0. The van der Waals surface area contributed by atoms with Crippen LogP contribution in [0.15, 0.2) is 24.3 Å². The summed E-state index contributed by atoms with van der Waals surface area (Å²) in [6.45, 7) is 4.56. The average Bonchev–Trinajstić information content (AvgIpc) is 2.47. The first-order valence-electron chi connectivity index (χ1n) is 7.41. The molecular weight excluding hydrogens is 282 g/mol. The smallest absolute Gasteiger partial charge is 0.253 e. The Labute approximate surface area is 131 Å². The maximum atomic E-state index is 12.0. The van der Waals surface area contributed by atoms with Gasteiger partial charge in [0.1, 0.15) is 0 Å². The van der Waals surface area contributed by atoms with E-state index >= 15 is 0 Å².